The van der Waals surface area contributed by atoms with Gasteiger partial charge < -0.3 is 4.74 Å². The first-order valence-electron chi connectivity index (χ1n) is 7.70. The molecule has 0 radical (unpaired) electrons. The van der Waals surface area contributed by atoms with E-state index >= 15 is 0 Å². The van der Waals surface area contributed by atoms with Crippen LogP contribution in [-0.2, 0) is 10.2 Å². The van der Waals surface area contributed by atoms with E-state index in [1.54, 1.807) is 0 Å². The number of hydrogen-bond donors (Lipinski definition) is 0. The summed E-state index contributed by atoms with van der Waals surface area (Å²) >= 11 is 0. The second-order valence-corrected chi connectivity index (χ2v) is 7.75. The van der Waals surface area contributed by atoms with E-state index in [-0.39, 0.29) is 5.41 Å². The quantitative estimate of drug-likeness (QED) is 0.677. The van der Waals surface area contributed by atoms with Crippen LogP contribution in [0.2, 0.25) is 0 Å². The monoisotopic (exact) mass is 277 g/mol. The van der Waals surface area contributed by atoms with Crippen LogP contribution in [0.25, 0.3) is 0 Å². The lowest BCUT2D eigenvalue weighted by molar-refractivity contribution is 0.0103. The molecule has 20 heavy (non-hydrogen) atoms. The van der Waals surface area contributed by atoms with Gasteiger partial charge in [0.25, 0.3) is 0 Å². The summed E-state index contributed by atoms with van der Waals surface area (Å²) in [4.78, 5) is 4.25. The highest BCUT2D eigenvalue weighted by Gasteiger charge is 2.26. The number of pyridine rings is 1. The molecule has 1 aliphatic heterocycles. The molecule has 0 amide bonds. The average molecular weight is 277 g/mol. The molecule has 0 N–H and O–H groups in total. The molecule has 114 valence electrons. The Balaban J connectivity index is 0.000000200. The number of hydrogen-bond acceptors (Lipinski definition) is 2. The summed E-state index contributed by atoms with van der Waals surface area (Å²) in [6.45, 7) is 15.3. The van der Waals surface area contributed by atoms with Crippen molar-refractivity contribution in [3.8, 4) is 0 Å². The molecule has 1 saturated heterocycles. The Hall–Kier alpha value is -0.890. The fourth-order valence-electron chi connectivity index (χ4n) is 2.23. The average Bonchev–Trinajstić information content (AvgIpc) is 2.40. The number of ether oxygens (including phenoxy) is 1. The van der Waals surface area contributed by atoms with E-state index in [2.05, 4.69) is 52.6 Å². The molecule has 2 heterocycles. The molecule has 2 heteroatoms. The smallest absolute Gasteiger partial charge is 0.0499 e. The maximum absolute atomic E-state index is 5.41. The molecule has 1 aliphatic rings. The van der Waals surface area contributed by atoms with E-state index in [1.807, 2.05) is 18.3 Å². The molecule has 0 saturated carbocycles. The lowest BCUT2D eigenvalue weighted by Crippen LogP contribution is -2.29. The molecule has 1 unspecified atom stereocenters. The van der Waals surface area contributed by atoms with Gasteiger partial charge in [-0.3, -0.25) is 4.98 Å². The van der Waals surface area contributed by atoms with Crippen LogP contribution in [0.1, 0.15) is 60.1 Å². The van der Waals surface area contributed by atoms with Crippen molar-refractivity contribution < 1.29 is 4.74 Å². The zero-order valence-electron chi connectivity index (χ0n) is 14.1. The standard InChI is InChI=1S/C9H13N.C9H18O/c1-9(2,3)8-6-4-5-7-10-8;1-9(2,3)8-5-4-6-10-7-8/h4-7H,1-3H3;8H,4-7H2,1-3H3. The summed E-state index contributed by atoms with van der Waals surface area (Å²) in [7, 11) is 0. The van der Waals surface area contributed by atoms with Crippen molar-refractivity contribution in [3.63, 3.8) is 0 Å². The van der Waals surface area contributed by atoms with Crippen LogP contribution < -0.4 is 0 Å². The zero-order chi connectivity index (χ0) is 15.2. The van der Waals surface area contributed by atoms with Gasteiger partial charge in [0.2, 0.25) is 0 Å². The molecular formula is C18H31NO. The first kappa shape index (κ1) is 17.2. The van der Waals surface area contributed by atoms with Gasteiger partial charge in [-0.25, -0.2) is 0 Å². The van der Waals surface area contributed by atoms with E-state index in [1.165, 1.54) is 12.8 Å². The largest absolute Gasteiger partial charge is 0.381 e. The van der Waals surface area contributed by atoms with E-state index in [0.717, 1.165) is 24.8 Å². The molecule has 2 rings (SSSR count). The third-order valence-corrected chi connectivity index (χ3v) is 3.82. The van der Waals surface area contributed by atoms with Gasteiger partial charge in [-0.15, -0.1) is 0 Å². The predicted molar refractivity (Wildman–Crippen MR) is 85.9 cm³/mol. The summed E-state index contributed by atoms with van der Waals surface area (Å²) in [5.41, 5.74) is 1.77. The van der Waals surface area contributed by atoms with Gasteiger partial charge in [0.05, 0.1) is 0 Å². The maximum Gasteiger partial charge on any atom is 0.0499 e. The van der Waals surface area contributed by atoms with Gasteiger partial charge in [-0.1, -0.05) is 47.6 Å². The van der Waals surface area contributed by atoms with Crippen molar-refractivity contribution >= 4 is 0 Å². The van der Waals surface area contributed by atoms with Gasteiger partial charge in [-0.2, -0.15) is 0 Å². The third kappa shape index (κ3) is 6.04. The van der Waals surface area contributed by atoms with Crippen LogP contribution in [0.4, 0.5) is 0 Å². The molecule has 0 spiro atoms. The first-order valence-corrected chi connectivity index (χ1v) is 7.70. The van der Waals surface area contributed by atoms with Crippen LogP contribution in [-0.4, -0.2) is 18.2 Å². The van der Waals surface area contributed by atoms with Crippen molar-refractivity contribution in [1.29, 1.82) is 0 Å². The Kier molecular flexibility index (Phi) is 6.19. The molecule has 1 fully saturated rings. The molecule has 1 aromatic rings. The Bertz CT molecular complexity index is 367. The highest BCUT2D eigenvalue weighted by molar-refractivity contribution is 5.12. The molecule has 1 atom stereocenters. The number of rotatable bonds is 0. The summed E-state index contributed by atoms with van der Waals surface area (Å²) in [6.07, 6.45) is 4.44. The third-order valence-electron chi connectivity index (χ3n) is 3.82. The minimum atomic E-state index is 0.182. The molecule has 2 nitrogen and oxygen atoms in total. The van der Waals surface area contributed by atoms with E-state index < -0.39 is 0 Å². The first-order chi connectivity index (χ1) is 9.21. The van der Waals surface area contributed by atoms with Crippen LogP contribution >= 0.6 is 0 Å². The summed E-state index contributed by atoms with van der Waals surface area (Å²) < 4.78 is 5.41. The molecule has 0 bridgehead atoms. The number of aromatic nitrogens is 1. The minimum Gasteiger partial charge on any atom is -0.381 e. The van der Waals surface area contributed by atoms with Gasteiger partial charge in [0.1, 0.15) is 0 Å². The van der Waals surface area contributed by atoms with Crippen molar-refractivity contribution in [2.24, 2.45) is 11.3 Å². The predicted octanol–water partition coefficient (Wildman–Crippen LogP) is 4.84. The van der Waals surface area contributed by atoms with Crippen molar-refractivity contribution in [3.05, 3.63) is 30.1 Å². The second kappa shape index (κ2) is 7.21. The Morgan fingerprint density at radius 2 is 1.80 bits per heavy atom. The number of nitrogens with zero attached hydrogens (tertiary/aromatic N) is 1. The van der Waals surface area contributed by atoms with Crippen molar-refractivity contribution in [1.82, 2.24) is 4.98 Å². The Labute approximate surface area is 125 Å². The highest BCUT2D eigenvalue weighted by Crippen LogP contribution is 2.31. The van der Waals surface area contributed by atoms with Crippen LogP contribution in [0, 0.1) is 11.3 Å². The summed E-state index contributed by atoms with van der Waals surface area (Å²) in [6, 6.07) is 6.02. The molecule has 0 aliphatic carbocycles. The van der Waals surface area contributed by atoms with Gasteiger partial charge >= 0.3 is 0 Å². The molecule has 1 aromatic heterocycles. The second-order valence-electron chi connectivity index (χ2n) is 7.75. The van der Waals surface area contributed by atoms with Crippen LogP contribution in [0.3, 0.4) is 0 Å². The topological polar surface area (TPSA) is 22.1 Å². The fourth-order valence-corrected chi connectivity index (χ4v) is 2.23. The van der Waals surface area contributed by atoms with Crippen molar-refractivity contribution in [2.45, 2.75) is 59.8 Å². The van der Waals surface area contributed by atoms with Crippen molar-refractivity contribution in [2.75, 3.05) is 13.2 Å². The molecular weight excluding hydrogens is 246 g/mol. The fraction of sp³-hybridized carbons (Fsp3) is 0.722. The van der Waals surface area contributed by atoms with Gasteiger partial charge in [-0.05, 0) is 36.3 Å². The van der Waals surface area contributed by atoms with Crippen LogP contribution in [0.15, 0.2) is 24.4 Å². The Morgan fingerprint density at radius 3 is 2.10 bits per heavy atom. The highest BCUT2D eigenvalue weighted by atomic mass is 16.5. The zero-order valence-corrected chi connectivity index (χ0v) is 14.1. The molecule has 0 aromatic carbocycles. The van der Waals surface area contributed by atoms with E-state index in [0.29, 0.717) is 5.41 Å². The van der Waals surface area contributed by atoms with Gasteiger partial charge in [0.15, 0.2) is 0 Å². The van der Waals surface area contributed by atoms with E-state index in [4.69, 9.17) is 4.74 Å². The van der Waals surface area contributed by atoms with Gasteiger partial charge in [0, 0.05) is 30.5 Å². The summed E-state index contributed by atoms with van der Waals surface area (Å²) in [5, 5.41) is 0. The lowest BCUT2D eigenvalue weighted by Gasteiger charge is -2.33. The normalized spacial score (nSPS) is 20.0. The summed E-state index contributed by atoms with van der Waals surface area (Å²) in [5.74, 6) is 0.779. The lowest BCUT2D eigenvalue weighted by atomic mass is 9.78. The Morgan fingerprint density at radius 1 is 1.10 bits per heavy atom. The van der Waals surface area contributed by atoms with E-state index in [9.17, 15) is 0 Å². The SMILES string of the molecule is CC(C)(C)C1CCCOC1.CC(C)(C)c1ccccn1. The minimum absolute atomic E-state index is 0.182. The maximum atomic E-state index is 5.41. The van der Waals surface area contributed by atoms with Crippen LogP contribution in [0.5, 0.6) is 0 Å².